The van der Waals surface area contributed by atoms with E-state index in [1.54, 1.807) is 5.06 Å². The van der Waals surface area contributed by atoms with Gasteiger partial charge in [-0.3, -0.25) is 14.4 Å². The standard InChI is InChI=1S/C21H21FN2O3/c1-2-3-9-17-18-19(27-24(17)16-7-5-4-6-8-16)21(26)23(20(18)25)15-12-10-14(22)11-13-15/h4-8,10-13,17-19H,2-3,9H2,1H3. The van der Waals surface area contributed by atoms with Crippen molar-refractivity contribution >= 4 is 23.2 Å². The molecule has 2 heterocycles. The highest BCUT2D eigenvalue weighted by molar-refractivity contribution is 6.23. The fourth-order valence-electron chi connectivity index (χ4n) is 3.87. The summed E-state index contributed by atoms with van der Waals surface area (Å²) in [5.74, 6) is -1.65. The van der Waals surface area contributed by atoms with E-state index in [0.29, 0.717) is 5.69 Å². The first kappa shape index (κ1) is 17.7. The van der Waals surface area contributed by atoms with E-state index in [2.05, 4.69) is 6.92 Å². The number of para-hydroxylation sites is 1. The second-order valence-corrected chi connectivity index (χ2v) is 6.91. The minimum atomic E-state index is -0.843. The van der Waals surface area contributed by atoms with Crippen LogP contribution in [0.4, 0.5) is 15.8 Å². The monoisotopic (exact) mass is 368 g/mol. The number of fused-ring (bicyclic) bond motifs is 1. The summed E-state index contributed by atoms with van der Waals surface area (Å²) in [6.45, 7) is 2.09. The lowest BCUT2D eigenvalue weighted by Crippen LogP contribution is -2.40. The molecule has 0 aliphatic carbocycles. The molecule has 140 valence electrons. The topological polar surface area (TPSA) is 49.9 Å². The SMILES string of the molecule is CCCCC1C2C(=O)N(c3ccc(F)cc3)C(=O)C2ON1c1ccccc1. The van der Waals surface area contributed by atoms with Gasteiger partial charge in [-0.2, -0.15) is 0 Å². The lowest BCUT2D eigenvalue weighted by atomic mass is 9.92. The summed E-state index contributed by atoms with van der Waals surface area (Å²) in [5, 5.41) is 1.72. The van der Waals surface area contributed by atoms with Crippen LogP contribution in [0.2, 0.25) is 0 Å². The molecule has 27 heavy (non-hydrogen) atoms. The zero-order chi connectivity index (χ0) is 19.0. The van der Waals surface area contributed by atoms with E-state index in [1.807, 2.05) is 30.3 Å². The number of amides is 2. The second-order valence-electron chi connectivity index (χ2n) is 6.91. The molecule has 2 aliphatic heterocycles. The summed E-state index contributed by atoms with van der Waals surface area (Å²) in [6.07, 6.45) is 1.83. The first-order valence-corrected chi connectivity index (χ1v) is 9.26. The van der Waals surface area contributed by atoms with Crippen LogP contribution < -0.4 is 9.96 Å². The average molecular weight is 368 g/mol. The Labute approximate surface area is 157 Å². The number of hydroxylamine groups is 1. The van der Waals surface area contributed by atoms with Crippen LogP contribution in [-0.2, 0) is 14.4 Å². The lowest BCUT2D eigenvalue weighted by Gasteiger charge is -2.28. The Hall–Kier alpha value is -2.73. The lowest BCUT2D eigenvalue weighted by molar-refractivity contribution is -0.126. The molecule has 2 aliphatic rings. The molecule has 3 unspecified atom stereocenters. The van der Waals surface area contributed by atoms with E-state index in [-0.39, 0.29) is 11.9 Å². The first-order chi connectivity index (χ1) is 13.1. The quantitative estimate of drug-likeness (QED) is 0.755. The molecule has 0 spiro atoms. The predicted molar refractivity (Wildman–Crippen MR) is 99.5 cm³/mol. The molecule has 4 rings (SSSR count). The molecular weight excluding hydrogens is 347 g/mol. The number of unbranched alkanes of at least 4 members (excludes halogenated alkanes) is 1. The van der Waals surface area contributed by atoms with Crippen LogP contribution in [0.25, 0.3) is 0 Å². The zero-order valence-electron chi connectivity index (χ0n) is 15.0. The maximum atomic E-state index is 13.2. The van der Waals surface area contributed by atoms with E-state index in [4.69, 9.17) is 4.84 Å². The van der Waals surface area contributed by atoms with Crippen molar-refractivity contribution in [2.45, 2.75) is 38.3 Å². The summed E-state index contributed by atoms with van der Waals surface area (Å²) >= 11 is 0. The number of nitrogens with zero attached hydrogens (tertiary/aromatic N) is 2. The fraction of sp³-hybridized carbons (Fsp3) is 0.333. The van der Waals surface area contributed by atoms with Crippen molar-refractivity contribution in [3.05, 3.63) is 60.4 Å². The van der Waals surface area contributed by atoms with Gasteiger partial charge in [0.2, 0.25) is 5.91 Å². The third-order valence-corrected chi connectivity index (χ3v) is 5.19. The van der Waals surface area contributed by atoms with Crippen molar-refractivity contribution in [2.75, 3.05) is 9.96 Å². The number of carbonyl (C=O) groups excluding carboxylic acids is 2. The van der Waals surface area contributed by atoms with Gasteiger partial charge in [-0.15, -0.1) is 0 Å². The number of rotatable bonds is 5. The van der Waals surface area contributed by atoms with E-state index >= 15 is 0 Å². The Balaban J connectivity index is 1.66. The number of hydrogen-bond acceptors (Lipinski definition) is 4. The molecule has 2 aromatic carbocycles. The van der Waals surface area contributed by atoms with E-state index < -0.39 is 23.7 Å². The normalized spacial score (nSPS) is 24.6. The Kier molecular flexibility index (Phi) is 4.66. The van der Waals surface area contributed by atoms with Crippen LogP contribution in [0.15, 0.2) is 54.6 Å². The van der Waals surface area contributed by atoms with Crippen molar-refractivity contribution in [2.24, 2.45) is 5.92 Å². The third kappa shape index (κ3) is 3.00. The Morgan fingerprint density at radius 3 is 2.33 bits per heavy atom. The van der Waals surface area contributed by atoms with Crippen molar-refractivity contribution < 1.29 is 18.8 Å². The van der Waals surface area contributed by atoms with Gasteiger partial charge >= 0.3 is 0 Å². The number of imide groups is 1. The minimum Gasteiger partial charge on any atom is -0.273 e. The zero-order valence-corrected chi connectivity index (χ0v) is 15.0. The molecular formula is C21H21FN2O3. The molecule has 0 N–H and O–H groups in total. The second kappa shape index (κ2) is 7.12. The number of benzene rings is 2. The van der Waals surface area contributed by atoms with Gasteiger partial charge in [-0.1, -0.05) is 38.0 Å². The summed E-state index contributed by atoms with van der Waals surface area (Å²) in [7, 11) is 0. The predicted octanol–water partition coefficient (Wildman–Crippen LogP) is 3.69. The molecule has 2 aromatic rings. The first-order valence-electron chi connectivity index (χ1n) is 9.26. The Morgan fingerprint density at radius 1 is 0.963 bits per heavy atom. The van der Waals surface area contributed by atoms with E-state index in [9.17, 15) is 14.0 Å². The van der Waals surface area contributed by atoms with Crippen LogP contribution in [0.5, 0.6) is 0 Å². The molecule has 0 bridgehead atoms. The van der Waals surface area contributed by atoms with Gasteiger partial charge in [0.25, 0.3) is 5.91 Å². The largest absolute Gasteiger partial charge is 0.273 e. The molecule has 0 radical (unpaired) electrons. The maximum absolute atomic E-state index is 13.2. The molecule has 2 fully saturated rings. The van der Waals surface area contributed by atoms with Gasteiger partial charge in [0, 0.05) is 0 Å². The fourth-order valence-corrected chi connectivity index (χ4v) is 3.87. The molecule has 0 aromatic heterocycles. The van der Waals surface area contributed by atoms with Gasteiger partial charge in [-0.05, 0) is 42.8 Å². The van der Waals surface area contributed by atoms with Crippen molar-refractivity contribution in [3.8, 4) is 0 Å². The van der Waals surface area contributed by atoms with Gasteiger partial charge in [0.15, 0.2) is 6.10 Å². The van der Waals surface area contributed by atoms with Crippen LogP contribution in [0, 0.1) is 11.7 Å². The van der Waals surface area contributed by atoms with Crippen LogP contribution in [0.3, 0.4) is 0 Å². The highest BCUT2D eigenvalue weighted by atomic mass is 19.1. The number of halogens is 1. The molecule has 3 atom stereocenters. The van der Waals surface area contributed by atoms with E-state index in [1.165, 1.54) is 24.3 Å². The maximum Gasteiger partial charge on any atom is 0.266 e. The highest BCUT2D eigenvalue weighted by Gasteiger charge is 2.59. The van der Waals surface area contributed by atoms with E-state index in [0.717, 1.165) is 29.8 Å². The van der Waals surface area contributed by atoms with Crippen LogP contribution in [0.1, 0.15) is 26.2 Å². The number of carbonyl (C=O) groups is 2. The third-order valence-electron chi connectivity index (χ3n) is 5.19. The molecule has 2 saturated heterocycles. The Bertz CT molecular complexity index is 840. The molecule has 5 nitrogen and oxygen atoms in total. The van der Waals surface area contributed by atoms with Crippen LogP contribution >= 0.6 is 0 Å². The minimum absolute atomic E-state index is 0.209. The Morgan fingerprint density at radius 2 is 1.67 bits per heavy atom. The van der Waals surface area contributed by atoms with Gasteiger partial charge in [0.05, 0.1) is 23.3 Å². The number of anilines is 2. The molecule has 0 saturated carbocycles. The number of hydrogen-bond donors (Lipinski definition) is 0. The van der Waals surface area contributed by atoms with Gasteiger partial charge in [0.1, 0.15) is 5.82 Å². The van der Waals surface area contributed by atoms with Gasteiger partial charge < -0.3 is 0 Å². The van der Waals surface area contributed by atoms with Crippen molar-refractivity contribution in [3.63, 3.8) is 0 Å². The van der Waals surface area contributed by atoms with Gasteiger partial charge in [-0.25, -0.2) is 14.4 Å². The van der Waals surface area contributed by atoms with Crippen LogP contribution in [-0.4, -0.2) is 24.0 Å². The average Bonchev–Trinajstić information content (AvgIpc) is 3.18. The highest BCUT2D eigenvalue weighted by Crippen LogP contribution is 2.41. The molecule has 2 amide bonds. The molecule has 6 heteroatoms. The summed E-state index contributed by atoms with van der Waals surface area (Å²) < 4.78 is 13.2. The summed E-state index contributed by atoms with van der Waals surface area (Å²) in [4.78, 5) is 33.2. The van der Waals surface area contributed by atoms with Crippen molar-refractivity contribution in [1.29, 1.82) is 0 Å². The summed E-state index contributed by atoms with van der Waals surface area (Å²) in [5.41, 5.74) is 1.21. The summed E-state index contributed by atoms with van der Waals surface area (Å²) in [6, 6.07) is 14.7. The smallest absolute Gasteiger partial charge is 0.266 e. The van der Waals surface area contributed by atoms with Crippen molar-refractivity contribution in [1.82, 2.24) is 0 Å².